The third-order valence-electron chi connectivity index (χ3n) is 5.09. The van der Waals surface area contributed by atoms with Gasteiger partial charge in [0.1, 0.15) is 0 Å². The van der Waals surface area contributed by atoms with Crippen molar-refractivity contribution in [2.45, 2.75) is 44.8 Å². The molecule has 0 radical (unpaired) electrons. The van der Waals surface area contributed by atoms with Crippen molar-refractivity contribution in [1.82, 2.24) is 20.1 Å². The number of amides is 1. The minimum absolute atomic E-state index is 0.100. The second kappa shape index (κ2) is 6.75. The zero-order chi connectivity index (χ0) is 15.5. The zero-order valence-corrected chi connectivity index (χ0v) is 13.5. The molecular formula is C17H26N4O. The SMILES string of the molecule is CC1CCC(C)N1CC(=O)N1CCNCC1c1cccnc1. The van der Waals surface area contributed by atoms with Gasteiger partial charge in [0.25, 0.3) is 0 Å². The van der Waals surface area contributed by atoms with Crippen LogP contribution in [0.5, 0.6) is 0 Å². The van der Waals surface area contributed by atoms with Crippen molar-refractivity contribution in [1.29, 1.82) is 0 Å². The molecule has 5 nitrogen and oxygen atoms in total. The third kappa shape index (κ3) is 3.15. The first-order chi connectivity index (χ1) is 10.7. The Bertz CT molecular complexity index is 497. The first kappa shape index (κ1) is 15.4. The average molecular weight is 302 g/mol. The Morgan fingerprint density at radius 3 is 2.82 bits per heavy atom. The van der Waals surface area contributed by atoms with E-state index in [1.54, 1.807) is 6.20 Å². The van der Waals surface area contributed by atoms with Crippen LogP contribution in [0.2, 0.25) is 0 Å². The number of nitrogens with one attached hydrogen (secondary N) is 1. The Labute approximate surface area is 132 Å². The molecular weight excluding hydrogens is 276 g/mol. The first-order valence-corrected chi connectivity index (χ1v) is 8.32. The monoisotopic (exact) mass is 302 g/mol. The van der Waals surface area contributed by atoms with Gasteiger partial charge in [0.05, 0.1) is 12.6 Å². The summed E-state index contributed by atoms with van der Waals surface area (Å²) in [4.78, 5) is 21.5. The molecule has 1 aromatic rings. The summed E-state index contributed by atoms with van der Waals surface area (Å²) in [7, 11) is 0. The predicted octanol–water partition coefficient (Wildman–Crippen LogP) is 1.43. The number of likely N-dealkylation sites (tertiary alicyclic amines) is 1. The quantitative estimate of drug-likeness (QED) is 0.917. The molecule has 0 aliphatic carbocycles. The molecule has 2 saturated heterocycles. The van der Waals surface area contributed by atoms with Crippen molar-refractivity contribution in [3.05, 3.63) is 30.1 Å². The molecule has 120 valence electrons. The fourth-order valence-electron chi connectivity index (χ4n) is 3.68. The lowest BCUT2D eigenvalue weighted by molar-refractivity contribution is -0.136. The maximum absolute atomic E-state index is 12.9. The van der Waals surface area contributed by atoms with E-state index in [4.69, 9.17) is 0 Å². The van der Waals surface area contributed by atoms with Gasteiger partial charge in [-0.1, -0.05) is 6.07 Å². The van der Waals surface area contributed by atoms with Crippen LogP contribution in [0.15, 0.2) is 24.5 Å². The molecule has 2 aliphatic rings. The van der Waals surface area contributed by atoms with E-state index >= 15 is 0 Å². The summed E-state index contributed by atoms with van der Waals surface area (Å²) in [5, 5.41) is 3.39. The van der Waals surface area contributed by atoms with Crippen LogP contribution < -0.4 is 5.32 Å². The molecule has 3 heterocycles. The van der Waals surface area contributed by atoms with Crippen molar-refractivity contribution in [3.63, 3.8) is 0 Å². The maximum atomic E-state index is 12.9. The van der Waals surface area contributed by atoms with Crippen LogP contribution in [0.1, 0.15) is 38.3 Å². The molecule has 1 N–H and O–H groups in total. The number of piperazine rings is 1. The molecule has 1 aromatic heterocycles. The van der Waals surface area contributed by atoms with Crippen molar-refractivity contribution >= 4 is 5.91 Å². The largest absolute Gasteiger partial charge is 0.332 e. The summed E-state index contributed by atoms with van der Waals surface area (Å²) in [6.07, 6.45) is 6.04. The van der Waals surface area contributed by atoms with Crippen LogP contribution in [0.4, 0.5) is 0 Å². The number of nitrogens with zero attached hydrogens (tertiary/aromatic N) is 3. The molecule has 0 spiro atoms. The van der Waals surface area contributed by atoms with Crippen molar-refractivity contribution in [3.8, 4) is 0 Å². The van der Waals surface area contributed by atoms with Crippen LogP contribution in [-0.4, -0.2) is 59.0 Å². The van der Waals surface area contributed by atoms with E-state index in [9.17, 15) is 4.79 Å². The fraction of sp³-hybridized carbons (Fsp3) is 0.647. The summed E-state index contributed by atoms with van der Waals surface area (Å²) in [6.45, 7) is 7.45. The number of pyridine rings is 1. The Morgan fingerprint density at radius 2 is 2.14 bits per heavy atom. The lowest BCUT2D eigenvalue weighted by Crippen LogP contribution is -2.52. The summed E-state index contributed by atoms with van der Waals surface area (Å²) in [6, 6.07) is 5.13. The summed E-state index contributed by atoms with van der Waals surface area (Å²) in [5.74, 6) is 0.246. The van der Waals surface area contributed by atoms with Gasteiger partial charge in [-0.15, -0.1) is 0 Å². The smallest absolute Gasteiger partial charge is 0.237 e. The molecule has 3 rings (SSSR count). The van der Waals surface area contributed by atoms with E-state index in [0.29, 0.717) is 18.6 Å². The Hall–Kier alpha value is -1.46. The minimum atomic E-state index is 0.100. The third-order valence-corrected chi connectivity index (χ3v) is 5.09. The van der Waals surface area contributed by atoms with Gasteiger partial charge < -0.3 is 10.2 Å². The topological polar surface area (TPSA) is 48.5 Å². The second-order valence-corrected chi connectivity index (χ2v) is 6.54. The van der Waals surface area contributed by atoms with Gasteiger partial charge in [0.2, 0.25) is 5.91 Å². The van der Waals surface area contributed by atoms with E-state index in [0.717, 1.165) is 25.2 Å². The molecule has 2 aliphatic heterocycles. The van der Waals surface area contributed by atoms with Crippen LogP contribution in [0, 0.1) is 0 Å². The fourth-order valence-corrected chi connectivity index (χ4v) is 3.68. The average Bonchev–Trinajstić information content (AvgIpc) is 2.87. The molecule has 0 saturated carbocycles. The van der Waals surface area contributed by atoms with Gasteiger partial charge in [0.15, 0.2) is 0 Å². The van der Waals surface area contributed by atoms with E-state index in [2.05, 4.69) is 35.1 Å². The van der Waals surface area contributed by atoms with Crippen molar-refractivity contribution < 1.29 is 4.79 Å². The summed E-state index contributed by atoms with van der Waals surface area (Å²) < 4.78 is 0. The normalized spacial score (nSPS) is 29.7. The van der Waals surface area contributed by atoms with Gasteiger partial charge in [-0.25, -0.2) is 0 Å². The highest BCUT2D eigenvalue weighted by molar-refractivity contribution is 5.79. The number of hydrogen-bond donors (Lipinski definition) is 1. The van der Waals surface area contributed by atoms with Crippen LogP contribution in [0.3, 0.4) is 0 Å². The predicted molar refractivity (Wildman–Crippen MR) is 86.4 cm³/mol. The second-order valence-electron chi connectivity index (χ2n) is 6.54. The van der Waals surface area contributed by atoms with E-state index in [1.165, 1.54) is 12.8 Å². The van der Waals surface area contributed by atoms with Gasteiger partial charge in [-0.05, 0) is 38.3 Å². The van der Waals surface area contributed by atoms with Gasteiger partial charge in [0, 0.05) is 44.1 Å². The molecule has 22 heavy (non-hydrogen) atoms. The highest BCUT2D eigenvalue weighted by Crippen LogP contribution is 2.25. The minimum Gasteiger partial charge on any atom is -0.332 e. The zero-order valence-electron chi connectivity index (χ0n) is 13.5. The number of carbonyl (C=O) groups excluding carboxylic acids is 1. The summed E-state index contributed by atoms with van der Waals surface area (Å²) >= 11 is 0. The van der Waals surface area contributed by atoms with E-state index < -0.39 is 0 Å². The number of carbonyl (C=O) groups is 1. The van der Waals surface area contributed by atoms with E-state index in [-0.39, 0.29) is 11.9 Å². The Balaban J connectivity index is 1.72. The van der Waals surface area contributed by atoms with Gasteiger partial charge in [-0.3, -0.25) is 14.7 Å². The van der Waals surface area contributed by atoms with Gasteiger partial charge in [-0.2, -0.15) is 0 Å². The molecule has 3 unspecified atom stereocenters. The number of rotatable bonds is 3. The lowest BCUT2D eigenvalue weighted by Gasteiger charge is -2.38. The number of aromatic nitrogens is 1. The molecule has 2 fully saturated rings. The first-order valence-electron chi connectivity index (χ1n) is 8.32. The van der Waals surface area contributed by atoms with Crippen LogP contribution >= 0.6 is 0 Å². The highest BCUT2D eigenvalue weighted by Gasteiger charge is 2.33. The van der Waals surface area contributed by atoms with E-state index in [1.807, 2.05) is 17.2 Å². The number of hydrogen-bond acceptors (Lipinski definition) is 4. The Kier molecular flexibility index (Phi) is 4.74. The van der Waals surface area contributed by atoms with Gasteiger partial charge >= 0.3 is 0 Å². The maximum Gasteiger partial charge on any atom is 0.237 e. The molecule has 5 heteroatoms. The molecule has 3 atom stereocenters. The van der Waals surface area contributed by atoms with Crippen molar-refractivity contribution in [2.24, 2.45) is 0 Å². The molecule has 1 amide bonds. The highest BCUT2D eigenvalue weighted by atomic mass is 16.2. The molecule has 0 aromatic carbocycles. The van der Waals surface area contributed by atoms with Crippen LogP contribution in [-0.2, 0) is 4.79 Å². The summed E-state index contributed by atoms with van der Waals surface area (Å²) in [5.41, 5.74) is 1.12. The molecule has 0 bridgehead atoms. The lowest BCUT2D eigenvalue weighted by atomic mass is 10.1. The Morgan fingerprint density at radius 1 is 1.36 bits per heavy atom. The van der Waals surface area contributed by atoms with Crippen molar-refractivity contribution in [2.75, 3.05) is 26.2 Å². The van der Waals surface area contributed by atoms with Crippen LogP contribution in [0.25, 0.3) is 0 Å². The standard InChI is InChI=1S/C17H26N4O/c1-13-5-6-14(2)21(13)12-17(22)20-9-8-19-11-16(20)15-4-3-7-18-10-15/h3-4,7,10,13-14,16,19H,5-6,8-9,11-12H2,1-2H3.